The number of aromatic nitrogens is 1. The normalized spacial score (nSPS) is 18.5. The maximum absolute atomic E-state index is 12.5. The number of rotatable bonds is 5. The molecule has 1 atom stereocenters. The Labute approximate surface area is 155 Å². The molecule has 2 rings (SSSR count). The van der Waals surface area contributed by atoms with E-state index in [1.165, 1.54) is 0 Å². The first-order valence-electron chi connectivity index (χ1n) is 9.15. The Morgan fingerprint density at radius 1 is 1.40 bits per heavy atom. The van der Waals surface area contributed by atoms with Gasteiger partial charge in [-0.25, -0.2) is 4.98 Å². The van der Waals surface area contributed by atoms with Gasteiger partial charge < -0.3 is 10.2 Å². The summed E-state index contributed by atoms with van der Waals surface area (Å²) in [6.45, 7) is 12.2. The first-order chi connectivity index (χ1) is 11.7. The molecule has 1 saturated heterocycles. The average molecular weight is 366 g/mol. The predicted molar refractivity (Wildman–Crippen MR) is 101 cm³/mol. The van der Waals surface area contributed by atoms with Crippen LogP contribution in [0.4, 0.5) is 0 Å². The zero-order valence-corrected chi connectivity index (χ0v) is 16.9. The molecule has 1 aromatic rings. The molecule has 0 spiro atoms. The van der Waals surface area contributed by atoms with E-state index >= 15 is 0 Å². The predicted octanol–water partition coefficient (Wildman–Crippen LogP) is 3.56. The van der Waals surface area contributed by atoms with Gasteiger partial charge in [0.1, 0.15) is 0 Å². The van der Waals surface area contributed by atoms with Gasteiger partial charge in [-0.2, -0.15) is 0 Å². The molecule has 0 unspecified atom stereocenters. The lowest BCUT2D eigenvalue weighted by atomic mass is 9.90. The van der Waals surface area contributed by atoms with Crippen LogP contribution < -0.4 is 5.32 Å². The molecule has 1 aromatic heterocycles. The Bertz CT molecular complexity index is 604. The zero-order chi connectivity index (χ0) is 18.6. The number of hydrogen-bond acceptors (Lipinski definition) is 4. The van der Waals surface area contributed by atoms with Gasteiger partial charge in [0.2, 0.25) is 11.8 Å². The second kappa shape index (κ2) is 8.30. The molecule has 1 fully saturated rings. The minimum absolute atomic E-state index is 0.0150. The summed E-state index contributed by atoms with van der Waals surface area (Å²) < 4.78 is 0. The highest BCUT2D eigenvalue weighted by atomic mass is 32.1. The van der Waals surface area contributed by atoms with Crippen LogP contribution in [0, 0.1) is 11.3 Å². The molecule has 140 valence electrons. The van der Waals surface area contributed by atoms with E-state index in [-0.39, 0.29) is 23.1 Å². The van der Waals surface area contributed by atoms with Crippen LogP contribution in [0.15, 0.2) is 5.38 Å². The minimum Gasteiger partial charge on any atom is -0.350 e. The molecule has 1 aliphatic rings. The first-order valence-corrected chi connectivity index (χ1v) is 10.0. The average Bonchev–Trinajstić information content (AvgIpc) is 3.00. The van der Waals surface area contributed by atoms with Crippen molar-refractivity contribution in [3.63, 3.8) is 0 Å². The Hall–Kier alpha value is -1.43. The lowest BCUT2D eigenvalue weighted by molar-refractivity contribution is -0.134. The standard InChI is InChI=1S/C19H31N3O2S/c1-13(2)17(24)20-10-15-12-25-18(21-15)14-7-6-8-22(11-14)16(23)9-19(3,4)5/h12-14H,6-11H2,1-5H3,(H,20,24)/t14-/m0/s1. The van der Waals surface area contributed by atoms with Crippen molar-refractivity contribution in [1.29, 1.82) is 0 Å². The van der Waals surface area contributed by atoms with Gasteiger partial charge in [-0.3, -0.25) is 9.59 Å². The fourth-order valence-corrected chi connectivity index (χ4v) is 3.89. The topological polar surface area (TPSA) is 62.3 Å². The quantitative estimate of drug-likeness (QED) is 0.868. The number of amides is 2. The molecule has 25 heavy (non-hydrogen) atoms. The Balaban J connectivity index is 1.93. The third-order valence-corrected chi connectivity index (χ3v) is 5.40. The van der Waals surface area contributed by atoms with Crippen LogP contribution >= 0.6 is 11.3 Å². The Morgan fingerprint density at radius 3 is 2.76 bits per heavy atom. The summed E-state index contributed by atoms with van der Waals surface area (Å²) in [5.74, 6) is 0.598. The summed E-state index contributed by atoms with van der Waals surface area (Å²) in [7, 11) is 0. The number of hydrogen-bond donors (Lipinski definition) is 1. The molecule has 1 N–H and O–H groups in total. The van der Waals surface area contributed by atoms with E-state index in [0.717, 1.165) is 36.6 Å². The number of thiazole rings is 1. The molecule has 0 radical (unpaired) electrons. The van der Waals surface area contributed by atoms with Gasteiger partial charge in [-0.05, 0) is 18.3 Å². The third-order valence-electron chi connectivity index (χ3n) is 4.34. The molecule has 2 heterocycles. The van der Waals surface area contributed by atoms with Crippen molar-refractivity contribution < 1.29 is 9.59 Å². The van der Waals surface area contributed by atoms with Gasteiger partial charge in [0.05, 0.1) is 17.2 Å². The van der Waals surface area contributed by atoms with Crippen LogP contribution in [0.3, 0.4) is 0 Å². The highest BCUT2D eigenvalue weighted by Gasteiger charge is 2.28. The zero-order valence-electron chi connectivity index (χ0n) is 16.1. The second-order valence-electron chi connectivity index (χ2n) is 8.47. The number of nitrogens with zero attached hydrogens (tertiary/aromatic N) is 2. The summed E-state index contributed by atoms with van der Waals surface area (Å²) in [5.41, 5.74) is 0.930. The molecule has 0 bridgehead atoms. The van der Waals surface area contributed by atoms with E-state index in [2.05, 4.69) is 26.1 Å². The first kappa shape index (κ1) is 19.9. The van der Waals surface area contributed by atoms with Gasteiger partial charge in [0.15, 0.2) is 0 Å². The van der Waals surface area contributed by atoms with Crippen LogP contribution in [0.25, 0.3) is 0 Å². The second-order valence-corrected chi connectivity index (χ2v) is 9.36. The smallest absolute Gasteiger partial charge is 0.223 e. The number of carbonyl (C=O) groups excluding carboxylic acids is 2. The summed E-state index contributed by atoms with van der Waals surface area (Å²) >= 11 is 1.64. The molecule has 0 aliphatic carbocycles. The monoisotopic (exact) mass is 365 g/mol. The van der Waals surface area contributed by atoms with Crippen molar-refractivity contribution in [1.82, 2.24) is 15.2 Å². The molecule has 2 amide bonds. The van der Waals surface area contributed by atoms with Crippen molar-refractivity contribution in [2.24, 2.45) is 11.3 Å². The fourth-order valence-electron chi connectivity index (χ4n) is 2.94. The lowest BCUT2D eigenvalue weighted by Gasteiger charge is -2.33. The Morgan fingerprint density at radius 2 is 2.12 bits per heavy atom. The number of likely N-dealkylation sites (tertiary alicyclic amines) is 1. The minimum atomic E-state index is -0.0150. The summed E-state index contributed by atoms with van der Waals surface area (Å²) in [6, 6.07) is 0. The van der Waals surface area contributed by atoms with Crippen LogP contribution in [-0.4, -0.2) is 34.8 Å². The van der Waals surface area contributed by atoms with Crippen LogP contribution in [0.2, 0.25) is 0 Å². The molecule has 6 heteroatoms. The molecular formula is C19H31N3O2S. The van der Waals surface area contributed by atoms with E-state index in [1.807, 2.05) is 24.1 Å². The fraction of sp³-hybridized carbons (Fsp3) is 0.737. The van der Waals surface area contributed by atoms with Crippen molar-refractivity contribution in [3.8, 4) is 0 Å². The van der Waals surface area contributed by atoms with E-state index in [4.69, 9.17) is 4.98 Å². The van der Waals surface area contributed by atoms with Crippen molar-refractivity contribution in [2.75, 3.05) is 13.1 Å². The SMILES string of the molecule is CC(C)C(=O)NCc1csc([C@H]2CCCN(C(=O)CC(C)(C)C)C2)n1. The maximum Gasteiger partial charge on any atom is 0.223 e. The molecular weight excluding hydrogens is 334 g/mol. The lowest BCUT2D eigenvalue weighted by Crippen LogP contribution is -2.40. The van der Waals surface area contributed by atoms with Crippen molar-refractivity contribution in [2.45, 2.75) is 66.3 Å². The molecule has 0 aromatic carbocycles. The van der Waals surface area contributed by atoms with E-state index in [9.17, 15) is 9.59 Å². The van der Waals surface area contributed by atoms with Gasteiger partial charge in [-0.1, -0.05) is 34.6 Å². The highest BCUT2D eigenvalue weighted by Crippen LogP contribution is 2.30. The van der Waals surface area contributed by atoms with Crippen LogP contribution in [-0.2, 0) is 16.1 Å². The number of nitrogens with one attached hydrogen (secondary N) is 1. The van der Waals surface area contributed by atoms with Crippen molar-refractivity contribution in [3.05, 3.63) is 16.1 Å². The highest BCUT2D eigenvalue weighted by molar-refractivity contribution is 7.09. The third kappa shape index (κ3) is 6.10. The maximum atomic E-state index is 12.5. The van der Waals surface area contributed by atoms with Gasteiger partial charge in [-0.15, -0.1) is 11.3 Å². The molecule has 5 nitrogen and oxygen atoms in total. The summed E-state index contributed by atoms with van der Waals surface area (Å²) in [6.07, 6.45) is 2.69. The van der Waals surface area contributed by atoms with Gasteiger partial charge in [0, 0.05) is 36.7 Å². The molecule has 0 saturated carbocycles. The summed E-state index contributed by atoms with van der Waals surface area (Å²) in [4.78, 5) is 30.9. The van der Waals surface area contributed by atoms with E-state index in [1.54, 1.807) is 11.3 Å². The van der Waals surface area contributed by atoms with Gasteiger partial charge >= 0.3 is 0 Å². The molecule has 1 aliphatic heterocycles. The van der Waals surface area contributed by atoms with Gasteiger partial charge in [0.25, 0.3) is 0 Å². The van der Waals surface area contributed by atoms with E-state index < -0.39 is 0 Å². The largest absolute Gasteiger partial charge is 0.350 e. The number of piperidine rings is 1. The number of carbonyl (C=O) groups is 2. The summed E-state index contributed by atoms with van der Waals surface area (Å²) in [5, 5.41) is 6.01. The van der Waals surface area contributed by atoms with E-state index in [0.29, 0.717) is 18.9 Å². The van der Waals surface area contributed by atoms with Crippen molar-refractivity contribution >= 4 is 23.2 Å². The van der Waals surface area contributed by atoms with Crippen LogP contribution in [0.1, 0.15) is 70.5 Å². The van der Waals surface area contributed by atoms with Crippen LogP contribution in [0.5, 0.6) is 0 Å². The Kier molecular flexibility index (Phi) is 6.60.